The maximum Gasteiger partial charge on any atom is 0.293 e. The maximum atomic E-state index is 12.7. The van der Waals surface area contributed by atoms with Gasteiger partial charge in [-0.15, -0.1) is 0 Å². The van der Waals surface area contributed by atoms with Gasteiger partial charge in [0.2, 0.25) is 5.91 Å². The molecule has 2 aromatic rings. The zero-order valence-electron chi connectivity index (χ0n) is 18.7. The molecule has 0 unspecified atom stereocenters. The Balaban J connectivity index is 1.72. The monoisotopic (exact) mass is 439 g/mol. The van der Waals surface area contributed by atoms with Crippen LogP contribution >= 0.6 is 0 Å². The van der Waals surface area contributed by atoms with E-state index in [4.69, 9.17) is 0 Å². The van der Waals surface area contributed by atoms with E-state index in [1.165, 1.54) is 13.0 Å². The summed E-state index contributed by atoms with van der Waals surface area (Å²) in [7, 11) is 3.96. The van der Waals surface area contributed by atoms with Crippen molar-refractivity contribution in [3.63, 3.8) is 0 Å². The summed E-state index contributed by atoms with van der Waals surface area (Å²) < 4.78 is 0. The lowest BCUT2D eigenvalue weighted by molar-refractivity contribution is -0.384. The van der Waals surface area contributed by atoms with Crippen LogP contribution in [-0.2, 0) is 17.9 Å². The molecule has 1 fully saturated rings. The van der Waals surface area contributed by atoms with Gasteiger partial charge in [0.25, 0.3) is 11.6 Å². The average molecular weight is 440 g/mol. The molecule has 1 aliphatic heterocycles. The van der Waals surface area contributed by atoms with Crippen molar-refractivity contribution in [1.82, 2.24) is 15.1 Å². The van der Waals surface area contributed by atoms with Crippen LogP contribution in [0.25, 0.3) is 0 Å². The molecule has 170 valence electrons. The summed E-state index contributed by atoms with van der Waals surface area (Å²) in [5, 5.41) is 14.6. The largest absolute Gasteiger partial charge is 0.362 e. The van der Waals surface area contributed by atoms with Crippen molar-refractivity contribution in [1.29, 1.82) is 0 Å². The minimum atomic E-state index is -0.462. The van der Waals surface area contributed by atoms with Gasteiger partial charge in [0, 0.05) is 57.8 Å². The number of nitrogens with one attached hydrogen (secondary N) is 1. The molecule has 0 saturated carbocycles. The standard InChI is InChI=1S/C23H29N5O4/c1-17(29)26-10-12-27(13-11-26)21-9-8-18(14-22(21)28(31)32)23(30)24-15-19-6-4-5-7-20(19)16-25(2)3/h4-9,14H,10-13,15-16H2,1-3H3,(H,24,30). The number of carbonyl (C=O) groups is 2. The van der Waals surface area contributed by atoms with Crippen molar-refractivity contribution in [2.45, 2.75) is 20.0 Å². The van der Waals surface area contributed by atoms with Crippen molar-refractivity contribution in [3.05, 3.63) is 69.3 Å². The Morgan fingerprint density at radius 1 is 1.06 bits per heavy atom. The summed E-state index contributed by atoms with van der Waals surface area (Å²) in [6.45, 7) is 4.66. The van der Waals surface area contributed by atoms with Crippen molar-refractivity contribution in [2.75, 3.05) is 45.2 Å². The molecule has 0 aliphatic carbocycles. The van der Waals surface area contributed by atoms with Crippen molar-refractivity contribution >= 4 is 23.2 Å². The molecule has 32 heavy (non-hydrogen) atoms. The van der Waals surface area contributed by atoms with Crippen LogP contribution in [0.2, 0.25) is 0 Å². The highest BCUT2D eigenvalue weighted by Gasteiger charge is 2.26. The van der Waals surface area contributed by atoms with Crippen LogP contribution in [0.5, 0.6) is 0 Å². The van der Waals surface area contributed by atoms with Gasteiger partial charge >= 0.3 is 0 Å². The van der Waals surface area contributed by atoms with E-state index in [9.17, 15) is 19.7 Å². The fourth-order valence-corrected chi connectivity index (χ4v) is 3.84. The zero-order valence-corrected chi connectivity index (χ0v) is 18.7. The molecule has 0 radical (unpaired) electrons. The molecule has 0 aromatic heterocycles. The van der Waals surface area contributed by atoms with Gasteiger partial charge in [-0.1, -0.05) is 24.3 Å². The molecule has 9 nitrogen and oxygen atoms in total. The second-order valence-corrected chi connectivity index (χ2v) is 8.14. The van der Waals surface area contributed by atoms with Gasteiger partial charge in [-0.3, -0.25) is 19.7 Å². The van der Waals surface area contributed by atoms with Crippen LogP contribution < -0.4 is 10.2 Å². The van der Waals surface area contributed by atoms with Crippen molar-refractivity contribution in [2.24, 2.45) is 0 Å². The van der Waals surface area contributed by atoms with Crippen LogP contribution in [0.4, 0.5) is 11.4 Å². The molecule has 0 bridgehead atoms. The lowest BCUT2D eigenvalue weighted by Gasteiger charge is -2.35. The summed E-state index contributed by atoms with van der Waals surface area (Å²) in [6.07, 6.45) is 0. The van der Waals surface area contributed by atoms with Gasteiger partial charge in [-0.2, -0.15) is 0 Å². The number of nitrogens with zero attached hydrogens (tertiary/aromatic N) is 4. The Kier molecular flexibility index (Phi) is 7.42. The average Bonchev–Trinajstić information content (AvgIpc) is 2.77. The van der Waals surface area contributed by atoms with Crippen LogP contribution in [0.3, 0.4) is 0 Å². The lowest BCUT2D eigenvalue weighted by Crippen LogP contribution is -2.48. The Morgan fingerprint density at radius 3 is 2.31 bits per heavy atom. The van der Waals surface area contributed by atoms with Crippen LogP contribution in [0, 0.1) is 10.1 Å². The second-order valence-electron chi connectivity index (χ2n) is 8.14. The molecule has 2 aromatic carbocycles. The predicted octanol–water partition coefficient (Wildman–Crippen LogP) is 2.25. The molecule has 0 atom stereocenters. The number of anilines is 1. The molecule has 3 rings (SSSR count). The third kappa shape index (κ3) is 5.61. The Bertz CT molecular complexity index is 1000. The Morgan fingerprint density at radius 2 is 1.72 bits per heavy atom. The first-order valence-electron chi connectivity index (χ1n) is 10.5. The zero-order chi connectivity index (χ0) is 23.3. The second kappa shape index (κ2) is 10.2. The van der Waals surface area contributed by atoms with Gasteiger partial charge in [-0.05, 0) is 37.4 Å². The summed E-state index contributed by atoms with van der Waals surface area (Å²) in [5.74, 6) is -0.362. The van der Waals surface area contributed by atoms with E-state index >= 15 is 0 Å². The van der Waals surface area contributed by atoms with E-state index in [0.717, 1.165) is 17.7 Å². The molecule has 1 N–H and O–H groups in total. The first kappa shape index (κ1) is 23.2. The van der Waals surface area contributed by atoms with Crippen LogP contribution in [0.1, 0.15) is 28.4 Å². The molecule has 9 heteroatoms. The van der Waals surface area contributed by atoms with Gasteiger partial charge in [0.05, 0.1) is 4.92 Å². The van der Waals surface area contributed by atoms with Gasteiger partial charge < -0.3 is 20.0 Å². The molecule has 1 heterocycles. The highest BCUT2D eigenvalue weighted by molar-refractivity contribution is 5.95. The number of piperazine rings is 1. The predicted molar refractivity (Wildman–Crippen MR) is 123 cm³/mol. The number of nitro benzene ring substituents is 1. The number of hydrogen-bond acceptors (Lipinski definition) is 6. The number of carbonyl (C=O) groups excluding carboxylic acids is 2. The number of nitro groups is 1. The van der Waals surface area contributed by atoms with Crippen molar-refractivity contribution < 1.29 is 14.5 Å². The fourth-order valence-electron chi connectivity index (χ4n) is 3.84. The molecule has 1 saturated heterocycles. The number of amides is 2. The summed E-state index contributed by atoms with van der Waals surface area (Å²) >= 11 is 0. The smallest absolute Gasteiger partial charge is 0.293 e. The van der Waals surface area contributed by atoms with Crippen LogP contribution in [0.15, 0.2) is 42.5 Å². The number of rotatable bonds is 7. The summed E-state index contributed by atoms with van der Waals surface area (Å²) in [4.78, 5) is 41.2. The van der Waals surface area contributed by atoms with E-state index in [-0.39, 0.29) is 23.1 Å². The first-order valence-corrected chi connectivity index (χ1v) is 10.5. The maximum absolute atomic E-state index is 12.7. The molecule has 1 aliphatic rings. The quantitative estimate of drug-likeness (QED) is 0.525. The number of hydrogen-bond donors (Lipinski definition) is 1. The third-order valence-electron chi connectivity index (χ3n) is 5.54. The SMILES string of the molecule is CC(=O)N1CCN(c2ccc(C(=O)NCc3ccccc3CN(C)C)cc2[N+](=O)[O-])CC1. The molecular formula is C23H29N5O4. The Labute approximate surface area is 187 Å². The van der Waals surface area contributed by atoms with E-state index in [1.807, 2.05) is 43.3 Å². The molecule has 0 spiro atoms. The Hall–Kier alpha value is -3.46. The highest BCUT2D eigenvalue weighted by atomic mass is 16.6. The third-order valence-corrected chi connectivity index (χ3v) is 5.54. The summed E-state index contributed by atoms with van der Waals surface area (Å²) in [6, 6.07) is 12.4. The number of benzene rings is 2. The molecule has 2 amide bonds. The van der Waals surface area contributed by atoms with Crippen LogP contribution in [-0.4, -0.2) is 66.8 Å². The van der Waals surface area contributed by atoms with Gasteiger partial charge in [-0.25, -0.2) is 0 Å². The van der Waals surface area contributed by atoms with E-state index < -0.39 is 4.92 Å². The minimum absolute atomic E-state index is 0.00155. The topological polar surface area (TPSA) is 99.0 Å². The molecular weight excluding hydrogens is 410 g/mol. The fraction of sp³-hybridized carbons (Fsp3) is 0.391. The lowest BCUT2D eigenvalue weighted by atomic mass is 10.1. The minimum Gasteiger partial charge on any atom is -0.362 e. The van der Waals surface area contributed by atoms with E-state index in [2.05, 4.69) is 10.2 Å². The van der Waals surface area contributed by atoms with Crippen molar-refractivity contribution in [3.8, 4) is 0 Å². The van der Waals surface area contributed by atoms with Gasteiger partial charge in [0.1, 0.15) is 5.69 Å². The first-order chi connectivity index (χ1) is 15.3. The van der Waals surface area contributed by atoms with E-state index in [1.54, 1.807) is 17.0 Å². The highest BCUT2D eigenvalue weighted by Crippen LogP contribution is 2.30. The van der Waals surface area contributed by atoms with E-state index in [0.29, 0.717) is 38.4 Å². The summed E-state index contributed by atoms with van der Waals surface area (Å²) in [5.41, 5.74) is 2.72. The normalized spacial score (nSPS) is 13.9. The van der Waals surface area contributed by atoms with Gasteiger partial charge in [0.15, 0.2) is 0 Å².